The zero-order chi connectivity index (χ0) is 21.0. The third kappa shape index (κ3) is 5.50. The summed E-state index contributed by atoms with van der Waals surface area (Å²) in [6.45, 7) is 2.48. The van der Waals surface area contributed by atoms with E-state index in [9.17, 15) is 15.3 Å². The molecule has 1 heterocycles. The molecule has 29 heavy (non-hydrogen) atoms. The van der Waals surface area contributed by atoms with Gasteiger partial charge in [-0.3, -0.25) is 0 Å². The summed E-state index contributed by atoms with van der Waals surface area (Å²) in [7, 11) is 1.77. The number of rotatable bonds is 7. The van der Waals surface area contributed by atoms with E-state index in [4.69, 9.17) is 25.8 Å². The second kappa shape index (κ2) is 10.5. The first kappa shape index (κ1) is 22.9. The van der Waals surface area contributed by atoms with Crippen molar-refractivity contribution in [1.29, 1.82) is 0 Å². The lowest BCUT2D eigenvalue weighted by atomic mass is 9.82. The van der Waals surface area contributed by atoms with Crippen molar-refractivity contribution in [3.05, 3.63) is 34.3 Å². The largest absolute Gasteiger partial charge is 0.388 e. The minimum Gasteiger partial charge on any atom is -0.388 e. The molecular weight excluding hydrogens is 396 g/mol. The molecular formula is C22H33ClO6. The SMILES string of the molecule is CCOCC1O[C@@H](c2ccc(Cl)c(CC3CCC(OC)CC3)c2)[C@H](O)[C@@H](O)[C@@H]1O. The fourth-order valence-corrected chi connectivity index (χ4v) is 4.60. The predicted octanol–water partition coefficient (Wildman–Crippen LogP) is 2.65. The van der Waals surface area contributed by atoms with Crippen LogP contribution in [0, 0.1) is 5.92 Å². The lowest BCUT2D eigenvalue weighted by Crippen LogP contribution is -2.55. The highest BCUT2D eigenvalue weighted by molar-refractivity contribution is 6.31. The smallest absolute Gasteiger partial charge is 0.113 e. The number of aliphatic hydroxyl groups is 3. The molecule has 2 fully saturated rings. The average molecular weight is 429 g/mol. The standard InChI is InChI=1S/C22H33ClO6/c1-3-28-12-18-19(24)20(25)21(26)22(29-18)14-6-9-17(23)15(11-14)10-13-4-7-16(27-2)8-5-13/h6,9,11,13,16,18-22,24-26H,3-5,7-8,10,12H2,1-2H3/t13?,16?,18?,19-,20+,21-,22+/m1/s1. The van der Waals surface area contributed by atoms with Gasteiger partial charge in [0.1, 0.15) is 30.5 Å². The van der Waals surface area contributed by atoms with Crippen LogP contribution in [0.3, 0.4) is 0 Å². The molecule has 1 saturated heterocycles. The molecule has 0 amide bonds. The van der Waals surface area contributed by atoms with Crippen molar-refractivity contribution in [2.75, 3.05) is 20.3 Å². The van der Waals surface area contributed by atoms with Gasteiger partial charge in [0.15, 0.2) is 0 Å². The number of halogens is 1. The quantitative estimate of drug-likeness (QED) is 0.618. The second-order valence-electron chi connectivity index (χ2n) is 8.16. The van der Waals surface area contributed by atoms with Gasteiger partial charge in [-0.1, -0.05) is 23.7 Å². The van der Waals surface area contributed by atoms with Gasteiger partial charge < -0.3 is 29.5 Å². The second-order valence-corrected chi connectivity index (χ2v) is 8.57. The van der Waals surface area contributed by atoms with Crippen LogP contribution in [0.5, 0.6) is 0 Å². The van der Waals surface area contributed by atoms with Crippen molar-refractivity contribution in [3.8, 4) is 0 Å². The zero-order valence-electron chi connectivity index (χ0n) is 17.2. The Balaban J connectivity index is 1.73. The van der Waals surface area contributed by atoms with E-state index in [0.717, 1.165) is 43.2 Å². The summed E-state index contributed by atoms with van der Waals surface area (Å²) in [5.41, 5.74) is 1.76. The van der Waals surface area contributed by atoms with Crippen molar-refractivity contribution in [2.45, 2.75) is 75.7 Å². The zero-order valence-corrected chi connectivity index (χ0v) is 17.9. The van der Waals surface area contributed by atoms with Crippen LogP contribution in [0.25, 0.3) is 0 Å². The summed E-state index contributed by atoms with van der Waals surface area (Å²) >= 11 is 6.46. The van der Waals surface area contributed by atoms with Gasteiger partial charge in [-0.25, -0.2) is 0 Å². The van der Waals surface area contributed by atoms with Crippen LogP contribution in [0.15, 0.2) is 18.2 Å². The van der Waals surface area contributed by atoms with E-state index in [-0.39, 0.29) is 6.61 Å². The first-order chi connectivity index (χ1) is 13.9. The van der Waals surface area contributed by atoms with Crippen LogP contribution < -0.4 is 0 Å². The van der Waals surface area contributed by atoms with E-state index in [1.54, 1.807) is 7.11 Å². The van der Waals surface area contributed by atoms with Crippen LogP contribution in [0.1, 0.15) is 49.8 Å². The molecule has 5 atom stereocenters. The molecule has 1 unspecified atom stereocenters. The van der Waals surface area contributed by atoms with Gasteiger partial charge in [0.05, 0.1) is 12.7 Å². The number of ether oxygens (including phenoxy) is 3. The van der Waals surface area contributed by atoms with E-state index in [1.165, 1.54) is 0 Å². The molecule has 3 N–H and O–H groups in total. The van der Waals surface area contributed by atoms with Crippen LogP contribution in [0.4, 0.5) is 0 Å². The molecule has 1 aliphatic heterocycles. The lowest BCUT2D eigenvalue weighted by molar-refractivity contribution is -0.234. The van der Waals surface area contributed by atoms with E-state index in [2.05, 4.69) is 0 Å². The number of hydrogen-bond donors (Lipinski definition) is 3. The van der Waals surface area contributed by atoms with Crippen molar-refractivity contribution in [1.82, 2.24) is 0 Å². The maximum absolute atomic E-state index is 10.5. The van der Waals surface area contributed by atoms with Crippen LogP contribution in [-0.4, -0.2) is 66.2 Å². The van der Waals surface area contributed by atoms with Gasteiger partial charge in [0.25, 0.3) is 0 Å². The van der Waals surface area contributed by atoms with Gasteiger partial charge in [-0.05, 0) is 62.1 Å². The third-order valence-electron chi connectivity index (χ3n) is 6.23. The van der Waals surface area contributed by atoms with Crippen LogP contribution in [0.2, 0.25) is 5.02 Å². The minimum absolute atomic E-state index is 0.154. The minimum atomic E-state index is -1.30. The summed E-state index contributed by atoms with van der Waals surface area (Å²) < 4.78 is 16.8. The summed E-state index contributed by atoms with van der Waals surface area (Å²) in [5, 5.41) is 31.7. The Labute approximate surface area is 177 Å². The molecule has 0 aromatic heterocycles. The predicted molar refractivity (Wildman–Crippen MR) is 110 cm³/mol. The molecule has 164 valence electrons. The topological polar surface area (TPSA) is 88.4 Å². The molecule has 1 aliphatic carbocycles. The van der Waals surface area contributed by atoms with E-state index >= 15 is 0 Å². The van der Waals surface area contributed by atoms with Crippen molar-refractivity contribution in [2.24, 2.45) is 5.92 Å². The summed E-state index contributed by atoms with van der Waals surface area (Å²) in [4.78, 5) is 0. The normalized spacial score (nSPS) is 35.6. The van der Waals surface area contributed by atoms with Crippen molar-refractivity contribution in [3.63, 3.8) is 0 Å². The molecule has 0 radical (unpaired) electrons. The Morgan fingerprint density at radius 1 is 1.07 bits per heavy atom. The Morgan fingerprint density at radius 2 is 1.79 bits per heavy atom. The summed E-state index contributed by atoms with van der Waals surface area (Å²) in [6, 6.07) is 5.59. The molecule has 1 saturated carbocycles. The van der Waals surface area contributed by atoms with E-state index in [1.807, 2.05) is 25.1 Å². The van der Waals surface area contributed by atoms with Crippen molar-refractivity contribution < 1.29 is 29.5 Å². The Morgan fingerprint density at radius 3 is 2.45 bits per heavy atom. The Hall–Kier alpha value is -0.730. The highest BCUT2D eigenvalue weighted by atomic mass is 35.5. The van der Waals surface area contributed by atoms with Crippen LogP contribution >= 0.6 is 11.6 Å². The summed E-state index contributed by atoms with van der Waals surface area (Å²) in [6.07, 6.45) is 0.353. The maximum Gasteiger partial charge on any atom is 0.113 e. The molecule has 0 spiro atoms. The molecule has 1 aromatic rings. The summed E-state index contributed by atoms with van der Waals surface area (Å²) in [5.74, 6) is 0.546. The number of aliphatic hydroxyl groups excluding tert-OH is 3. The highest BCUT2D eigenvalue weighted by Crippen LogP contribution is 2.36. The molecule has 1 aromatic carbocycles. The molecule has 0 bridgehead atoms. The Bertz CT molecular complexity index is 648. The number of methoxy groups -OCH3 is 1. The van der Waals surface area contributed by atoms with Gasteiger partial charge >= 0.3 is 0 Å². The Kier molecular flexibility index (Phi) is 8.33. The van der Waals surface area contributed by atoms with Gasteiger partial charge in [-0.2, -0.15) is 0 Å². The van der Waals surface area contributed by atoms with E-state index in [0.29, 0.717) is 23.7 Å². The monoisotopic (exact) mass is 428 g/mol. The van der Waals surface area contributed by atoms with Crippen molar-refractivity contribution >= 4 is 11.6 Å². The fraction of sp³-hybridized carbons (Fsp3) is 0.727. The van der Waals surface area contributed by atoms with Gasteiger partial charge in [0, 0.05) is 18.7 Å². The number of benzene rings is 1. The molecule has 3 rings (SSSR count). The van der Waals surface area contributed by atoms with Gasteiger partial charge in [0.2, 0.25) is 0 Å². The fourth-order valence-electron chi connectivity index (χ4n) is 4.41. The molecule has 2 aliphatic rings. The molecule has 6 nitrogen and oxygen atoms in total. The third-order valence-corrected chi connectivity index (χ3v) is 6.60. The van der Waals surface area contributed by atoms with Crippen LogP contribution in [-0.2, 0) is 20.6 Å². The maximum atomic E-state index is 10.5. The van der Waals surface area contributed by atoms with E-state index < -0.39 is 30.5 Å². The highest BCUT2D eigenvalue weighted by Gasteiger charge is 2.44. The van der Waals surface area contributed by atoms with Gasteiger partial charge in [-0.15, -0.1) is 0 Å². The molecule has 7 heteroatoms. The number of hydrogen-bond acceptors (Lipinski definition) is 6. The first-order valence-corrected chi connectivity index (χ1v) is 10.9. The average Bonchev–Trinajstić information content (AvgIpc) is 2.74. The lowest BCUT2D eigenvalue weighted by Gasteiger charge is -2.41. The first-order valence-electron chi connectivity index (χ1n) is 10.5.